The van der Waals surface area contributed by atoms with Gasteiger partial charge in [0.2, 0.25) is 5.91 Å². The molecule has 0 fully saturated rings. The first-order valence-electron chi connectivity index (χ1n) is 10.0. The molecule has 5 heteroatoms. The monoisotopic (exact) mass is 420 g/mol. The van der Waals surface area contributed by atoms with Crippen molar-refractivity contribution in [3.05, 3.63) is 86.8 Å². The van der Waals surface area contributed by atoms with Gasteiger partial charge >= 0.3 is 0 Å². The van der Waals surface area contributed by atoms with E-state index in [4.69, 9.17) is 16.6 Å². The van der Waals surface area contributed by atoms with Gasteiger partial charge < -0.3 is 0 Å². The van der Waals surface area contributed by atoms with E-state index in [-0.39, 0.29) is 12.5 Å². The number of carbonyl (C=O) groups excluding carboxylic acids is 1. The molecule has 0 radical (unpaired) electrons. The van der Waals surface area contributed by atoms with E-state index >= 15 is 0 Å². The number of hydrogen-bond acceptors (Lipinski definition) is 3. The molecule has 2 heterocycles. The van der Waals surface area contributed by atoms with E-state index in [0.29, 0.717) is 11.6 Å². The van der Waals surface area contributed by atoms with Crippen molar-refractivity contribution < 1.29 is 4.79 Å². The zero-order valence-electron chi connectivity index (χ0n) is 16.0. The van der Waals surface area contributed by atoms with Crippen molar-refractivity contribution >= 4 is 39.6 Å². The number of nitrogens with zero attached hydrogens (tertiary/aromatic N) is 2. The molecule has 0 spiro atoms. The van der Waals surface area contributed by atoms with Gasteiger partial charge in [-0.3, -0.25) is 14.7 Å². The van der Waals surface area contributed by atoms with Crippen LogP contribution in [-0.4, -0.2) is 18.2 Å². The van der Waals surface area contributed by atoms with Gasteiger partial charge in [0.25, 0.3) is 0 Å². The molecule has 0 saturated heterocycles. The third kappa shape index (κ3) is 3.52. The Labute approximate surface area is 179 Å². The van der Waals surface area contributed by atoms with E-state index in [2.05, 4.69) is 12.1 Å². The molecule has 1 aliphatic carbocycles. The fourth-order valence-electron chi connectivity index (χ4n) is 4.17. The molecule has 0 saturated carbocycles. The molecular formula is C24H21ClN2OS. The van der Waals surface area contributed by atoms with Crippen LogP contribution >= 0.6 is 22.9 Å². The van der Waals surface area contributed by atoms with Crippen molar-refractivity contribution in [3.8, 4) is 0 Å². The summed E-state index contributed by atoms with van der Waals surface area (Å²) in [6, 6.07) is 18.0. The van der Waals surface area contributed by atoms with Crippen LogP contribution in [0.25, 0.3) is 0 Å². The average molecular weight is 421 g/mol. The summed E-state index contributed by atoms with van der Waals surface area (Å²) in [5.41, 5.74) is 5.70. The average Bonchev–Trinajstić information content (AvgIpc) is 3.07. The summed E-state index contributed by atoms with van der Waals surface area (Å²) in [5.74, 6) is 0.0470. The first kappa shape index (κ1) is 18.6. The second-order valence-electron chi connectivity index (χ2n) is 7.53. The molecule has 5 rings (SSSR count). The van der Waals surface area contributed by atoms with Gasteiger partial charge in [-0.05, 0) is 48.9 Å². The van der Waals surface area contributed by atoms with Crippen molar-refractivity contribution in [2.75, 3.05) is 11.4 Å². The fraction of sp³-hybridized carbons (Fsp3) is 0.250. The van der Waals surface area contributed by atoms with E-state index in [1.807, 2.05) is 47.4 Å². The Bertz CT molecular complexity index is 1090. The molecular weight excluding hydrogens is 400 g/mol. The van der Waals surface area contributed by atoms with Crippen LogP contribution in [0.1, 0.15) is 40.0 Å². The molecule has 2 aromatic carbocycles. The number of halogens is 1. The summed E-state index contributed by atoms with van der Waals surface area (Å²) in [6.45, 7) is 0.716. The maximum Gasteiger partial charge on any atom is 0.249 e. The van der Waals surface area contributed by atoms with Crippen molar-refractivity contribution in [1.82, 2.24) is 0 Å². The fourth-order valence-corrected chi connectivity index (χ4v) is 5.71. The SMILES string of the molecule is O=C1CN=C(c2ccccc2)c2c(sc3c2CCCC3)N1Cc1ccc(Cl)cc1. The Balaban J connectivity index is 1.64. The maximum atomic E-state index is 13.1. The van der Waals surface area contributed by atoms with E-state index in [0.717, 1.165) is 34.7 Å². The van der Waals surface area contributed by atoms with Gasteiger partial charge in [-0.15, -0.1) is 11.3 Å². The number of carbonyl (C=O) groups is 1. The van der Waals surface area contributed by atoms with Gasteiger partial charge in [0, 0.05) is 21.0 Å². The summed E-state index contributed by atoms with van der Waals surface area (Å²) in [6.07, 6.45) is 4.58. The molecule has 146 valence electrons. The maximum absolute atomic E-state index is 13.1. The van der Waals surface area contributed by atoms with Crippen LogP contribution in [0, 0.1) is 0 Å². The van der Waals surface area contributed by atoms with Gasteiger partial charge in [0.15, 0.2) is 0 Å². The van der Waals surface area contributed by atoms with Crippen molar-refractivity contribution in [3.63, 3.8) is 0 Å². The lowest BCUT2D eigenvalue weighted by Crippen LogP contribution is -2.31. The summed E-state index contributed by atoms with van der Waals surface area (Å²) in [7, 11) is 0. The highest BCUT2D eigenvalue weighted by atomic mass is 35.5. The Morgan fingerprint density at radius 3 is 2.55 bits per heavy atom. The second kappa shape index (κ2) is 7.77. The minimum Gasteiger partial charge on any atom is -0.297 e. The molecule has 3 aromatic rings. The van der Waals surface area contributed by atoms with E-state index in [1.165, 1.54) is 28.8 Å². The number of hydrogen-bond donors (Lipinski definition) is 0. The van der Waals surface area contributed by atoms with Crippen LogP contribution in [-0.2, 0) is 24.2 Å². The Hall–Kier alpha value is -2.43. The van der Waals surface area contributed by atoms with Crippen LogP contribution < -0.4 is 4.90 Å². The molecule has 3 nitrogen and oxygen atoms in total. The summed E-state index contributed by atoms with van der Waals surface area (Å²) in [5, 5.41) is 1.76. The Kier molecular flexibility index (Phi) is 4.98. The summed E-state index contributed by atoms with van der Waals surface area (Å²) < 4.78 is 0. The molecule has 29 heavy (non-hydrogen) atoms. The third-order valence-corrected chi connectivity index (χ3v) is 7.18. The largest absolute Gasteiger partial charge is 0.297 e. The van der Waals surface area contributed by atoms with Crippen molar-refractivity contribution in [1.29, 1.82) is 0 Å². The summed E-state index contributed by atoms with van der Waals surface area (Å²) >= 11 is 7.83. The number of thiophene rings is 1. The van der Waals surface area contributed by atoms with E-state index in [1.54, 1.807) is 11.3 Å². The number of aryl methyl sites for hydroxylation is 1. The zero-order chi connectivity index (χ0) is 19.8. The number of aliphatic imine (C=N–C) groups is 1. The number of amides is 1. The lowest BCUT2D eigenvalue weighted by Gasteiger charge is -2.21. The molecule has 0 unspecified atom stereocenters. The van der Waals surface area contributed by atoms with Gasteiger partial charge in [0.05, 0.1) is 12.3 Å². The van der Waals surface area contributed by atoms with Gasteiger partial charge in [0.1, 0.15) is 11.5 Å². The van der Waals surface area contributed by atoms with E-state index in [9.17, 15) is 4.79 Å². The lowest BCUT2D eigenvalue weighted by molar-refractivity contribution is -0.117. The van der Waals surface area contributed by atoms with Gasteiger partial charge in [-0.25, -0.2) is 0 Å². The number of rotatable bonds is 3. The first-order chi connectivity index (χ1) is 14.2. The highest BCUT2D eigenvalue weighted by molar-refractivity contribution is 7.17. The second-order valence-corrected chi connectivity index (χ2v) is 9.05. The van der Waals surface area contributed by atoms with Crippen LogP contribution in [0.5, 0.6) is 0 Å². The molecule has 1 aromatic heterocycles. The molecule has 0 bridgehead atoms. The summed E-state index contributed by atoms with van der Waals surface area (Å²) in [4.78, 5) is 21.3. The number of fused-ring (bicyclic) bond motifs is 3. The highest BCUT2D eigenvalue weighted by Gasteiger charge is 2.32. The van der Waals surface area contributed by atoms with Crippen molar-refractivity contribution in [2.45, 2.75) is 32.2 Å². The number of benzene rings is 2. The number of anilines is 1. The highest BCUT2D eigenvalue weighted by Crippen LogP contribution is 2.43. The molecule has 0 N–H and O–H groups in total. The third-order valence-electron chi connectivity index (χ3n) is 5.61. The van der Waals surface area contributed by atoms with Crippen LogP contribution in [0.2, 0.25) is 5.02 Å². The first-order valence-corrected chi connectivity index (χ1v) is 11.2. The normalized spacial score (nSPS) is 16.1. The van der Waals surface area contributed by atoms with Crippen molar-refractivity contribution in [2.24, 2.45) is 4.99 Å². The van der Waals surface area contributed by atoms with Crippen LogP contribution in [0.4, 0.5) is 5.00 Å². The quantitative estimate of drug-likeness (QED) is 0.537. The lowest BCUT2D eigenvalue weighted by atomic mass is 9.91. The van der Waals surface area contributed by atoms with E-state index < -0.39 is 0 Å². The smallest absolute Gasteiger partial charge is 0.249 e. The predicted octanol–water partition coefficient (Wildman–Crippen LogP) is 5.66. The van der Waals surface area contributed by atoms with Gasteiger partial charge in [-0.1, -0.05) is 54.1 Å². The Morgan fingerprint density at radius 1 is 1.00 bits per heavy atom. The molecule has 1 aliphatic heterocycles. The minimum absolute atomic E-state index is 0.0470. The molecule has 1 amide bonds. The molecule has 2 aliphatic rings. The topological polar surface area (TPSA) is 32.7 Å². The standard InChI is InChI=1S/C24H21ClN2OS/c25-18-12-10-16(11-13-18)15-27-21(28)14-26-23(17-6-2-1-3-7-17)22-19-8-4-5-9-20(19)29-24(22)27/h1-3,6-7,10-13H,4-5,8-9,14-15H2. The van der Waals surface area contributed by atoms with Crippen LogP contribution in [0.15, 0.2) is 59.6 Å². The predicted molar refractivity (Wildman–Crippen MR) is 121 cm³/mol. The Morgan fingerprint density at radius 2 is 1.76 bits per heavy atom. The zero-order valence-corrected chi connectivity index (χ0v) is 17.6. The minimum atomic E-state index is 0.0470. The molecule has 0 atom stereocenters. The van der Waals surface area contributed by atoms with Gasteiger partial charge in [-0.2, -0.15) is 0 Å². The van der Waals surface area contributed by atoms with Crippen LogP contribution in [0.3, 0.4) is 0 Å².